The fraction of sp³-hybridized carbons (Fsp3) is 0.111. The SMILES string of the molecule is Cc1nc(/N=C(\N)NC(=O)Cc2ccc(F)c(F)c2)nc2ccccc12. The molecule has 3 rings (SSSR count). The van der Waals surface area contributed by atoms with Crippen LogP contribution in [-0.4, -0.2) is 21.8 Å². The Morgan fingerprint density at radius 3 is 2.69 bits per heavy atom. The largest absolute Gasteiger partial charge is 0.369 e. The van der Waals surface area contributed by atoms with Crippen molar-refractivity contribution in [2.24, 2.45) is 10.7 Å². The van der Waals surface area contributed by atoms with Crippen molar-refractivity contribution in [2.75, 3.05) is 0 Å². The number of aromatic nitrogens is 2. The first kappa shape index (κ1) is 17.4. The number of carbonyl (C=O) groups excluding carboxylic acids is 1. The smallest absolute Gasteiger partial charge is 0.253 e. The Balaban J connectivity index is 1.73. The molecule has 3 aromatic rings. The fourth-order valence-corrected chi connectivity index (χ4v) is 2.43. The molecule has 2 aromatic carbocycles. The summed E-state index contributed by atoms with van der Waals surface area (Å²) in [6.45, 7) is 1.82. The van der Waals surface area contributed by atoms with Crippen LogP contribution < -0.4 is 11.1 Å². The van der Waals surface area contributed by atoms with Crippen LogP contribution in [0.3, 0.4) is 0 Å². The molecule has 0 unspecified atom stereocenters. The predicted octanol–water partition coefficient (Wildman–Crippen LogP) is 2.52. The van der Waals surface area contributed by atoms with Crippen molar-refractivity contribution in [2.45, 2.75) is 13.3 Å². The molecule has 0 spiro atoms. The highest BCUT2D eigenvalue weighted by molar-refractivity contribution is 5.97. The van der Waals surface area contributed by atoms with Crippen molar-refractivity contribution >= 4 is 28.7 Å². The Bertz CT molecular complexity index is 1020. The van der Waals surface area contributed by atoms with E-state index in [4.69, 9.17) is 5.73 Å². The van der Waals surface area contributed by atoms with E-state index in [2.05, 4.69) is 20.3 Å². The third-order valence-electron chi connectivity index (χ3n) is 3.62. The van der Waals surface area contributed by atoms with Crippen LogP contribution in [0.1, 0.15) is 11.3 Å². The van der Waals surface area contributed by atoms with Gasteiger partial charge in [-0.25, -0.2) is 18.7 Å². The summed E-state index contributed by atoms with van der Waals surface area (Å²) in [5.41, 5.74) is 7.46. The molecule has 3 N–H and O–H groups in total. The van der Waals surface area contributed by atoms with E-state index in [1.165, 1.54) is 6.07 Å². The number of aliphatic imine (C=N–C) groups is 1. The number of rotatable bonds is 3. The van der Waals surface area contributed by atoms with E-state index in [0.717, 1.165) is 23.2 Å². The highest BCUT2D eigenvalue weighted by Crippen LogP contribution is 2.17. The van der Waals surface area contributed by atoms with Gasteiger partial charge in [0.05, 0.1) is 17.6 Å². The summed E-state index contributed by atoms with van der Waals surface area (Å²) in [5.74, 6) is -2.58. The number of aryl methyl sites for hydroxylation is 1. The van der Waals surface area contributed by atoms with Gasteiger partial charge in [-0.3, -0.25) is 10.1 Å². The summed E-state index contributed by atoms with van der Waals surface area (Å²) < 4.78 is 26.1. The Morgan fingerprint density at radius 2 is 1.92 bits per heavy atom. The monoisotopic (exact) mass is 355 g/mol. The maximum atomic E-state index is 13.2. The number of nitrogens with one attached hydrogen (secondary N) is 1. The van der Waals surface area contributed by atoms with E-state index in [1.807, 2.05) is 31.2 Å². The summed E-state index contributed by atoms with van der Waals surface area (Å²) in [6.07, 6.45) is -0.176. The summed E-state index contributed by atoms with van der Waals surface area (Å²) in [5, 5.41) is 3.27. The lowest BCUT2D eigenvalue weighted by Crippen LogP contribution is -2.37. The van der Waals surface area contributed by atoms with E-state index in [-0.39, 0.29) is 18.3 Å². The van der Waals surface area contributed by atoms with E-state index < -0.39 is 17.5 Å². The molecule has 26 heavy (non-hydrogen) atoms. The van der Waals surface area contributed by atoms with Gasteiger partial charge in [0.1, 0.15) is 0 Å². The first-order valence-electron chi connectivity index (χ1n) is 7.73. The van der Waals surface area contributed by atoms with Gasteiger partial charge in [-0.05, 0) is 30.7 Å². The van der Waals surface area contributed by atoms with Crippen molar-refractivity contribution in [3.63, 3.8) is 0 Å². The van der Waals surface area contributed by atoms with Gasteiger partial charge in [0.15, 0.2) is 11.6 Å². The summed E-state index contributed by atoms with van der Waals surface area (Å²) >= 11 is 0. The van der Waals surface area contributed by atoms with Gasteiger partial charge in [0, 0.05) is 5.39 Å². The normalized spacial score (nSPS) is 11.6. The molecular formula is C18H15F2N5O. The molecule has 1 amide bonds. The van der Waals surface area contributed by atoms with Crippen LogP contribution in [0.2, 0.25) is 0 Å². The number of benzene rings is 2. The van der Waals surface area contributed by atoms with Crippen LogP contribution in [-0.2, 0) is 11.2 Å². The second-order valence-corrected chi connectivity index (χ2v) is 5.60. The van der Waals surface area contributed by atoms with Gasteiger partial charge in [0.25, 0.3) is 5.95 Å². The lowest BCUT2D eigenvalue weighted by atomic mass is 10.1. The summed E-state index contributed by atoms with van der Waals surface area (Å²) in [4.78, 5) is 24.4. The zero-order valence-electron chi connectivity index (χ0n) is 13.8. The van der Waals surface area contributed by atoms with Crippen LogP contribution in [0.4, 0.5) is 14.7 Å². The average molecular weight is 355 g/mol. The second-order valence-electron chi connectivity index (χ2n) is 5.60. The number of para-hydroxylation sites is 1. The quantitative estimate of drug-likeness (QED) is 0.558. The molecule has 1 heterocycles. The molecule has 1 aromatic heterocycles. The number of amides is 1. The minimum atomic E-state index is -1.02. The molecule has 0 bridgehead atoms. The Labute approximate surface area is 147 Å². The van der Waals surface area contributed by atoms with Crippen molar-refractivity contribution in [3.05, 3.63) is 65.4 Å². The Hall–Kier alpha value is -3.42. The third-order valence-corrected chi connectivity index (χ3v) is 3.62. The van der Waals surface area contributed by atoms with Gasteiger partial charge < -0.3 is 5.73 Å². The average Bonchev–Trinajstić information content (AvgIpc) is 2.58. The van der Waals surface area contributed by atoms with Crippen molar-refractivity contribution < 1.29 is 13.6 Å². The molecule has 0 saturated heterocycles. The van der Waals surface area contributed by atoms with Crippen LogP contribution >= 0.6 is 0 Å². The molecule has 6 nitrogen and oxygen atoms in total. The van der Waals surface area contributed by atoms with Crippen LogP contribution in [0.15, 0.2) is 47.5 Å². The second kappa shape index (κ2) is 7.22. The number of halogens is 2. The maximum Gasteiger partial charge on any atom is 0.253 e. The lowest BCUT2D eigenvalue weighted by molar-refractivity contribution is -0.119. The molecule has 0 saturated carbocycles. The molecule has 8 heteroatoms. The minimum absolute atomic E-state index is 0.117. The minimum Gasteiger partial charge on any atom is -0.369 e. The summed E-state index contributed by atoms with van der Waals surface area (Å²) in [6, 6.07) is 10.7. The molecule has 132 valence electrons. The van der Waals surface area contributed by atoms with E-state index in [1.54, 1.807) is 0 Å². The Kier molecular flexibility index (Phi) is 4.83. The molecule has 0 aliphatic rings. The number of fused-ring (bicyclic) bond motifs is 1. The van der Waals surface area contributed by atoms with Crippen molar-refractivity contribution in [3.8, 4) is 0 Å². The molecule has 0 aliphatic carbocycles. The number of carbonyl (C=O) groups is 1. The van der Waals surface area contributed by atoms with E-state index >= 15 is 0 Å². The standard InChI is InChI=1S/C18H15F2N5O/c1-10-12-4-2-3-5-15(12)23-18(22-10)25-17(21)24-16(26)9-11-6-7-13(19)14(20)8-11/h2-8H,9H2,1H3,(H3,21,22,23,24,25,26). The lowest BCUT2D eigenvalue weighted by Gasteiger charge is -2.06. The summed E-state index contributed by atoms with van der Waals surface area (Å²) in [7, 11) is 0. The molecule has 0 fully saturated rings. The molecule has 0 radical (unpaired) electrons. The number of nitrogens with two attached hydrogens (primary N) is 1. The van der Waals surface area contributed by atoms with E-state index in [9.17, 15) is 13.6 Å². The zero-order valence-corrected chi connectivity index (χ0v) is 13.8. The first-order valence-corrected chi connectivity index (χ1v) is 7.73. The zero-order chi connectivity index (χ0) is 18.7. The highest BCUT2D eigenvalue weighted by atomic mass is 19.2. The van der Waals surface area contributed by atoms with Crippen molar-refractivity contribution in [1.82, 2.24) is 15.3 Å². The first-order chi connectivity index (χ1) is 12.4. The molecule has 0 aliphatic heterocycles. The number of guanidine groups is 1. The fourth-order valence-electron chi connectivity index (χ4n) is 2.43. The van der Waals surface area contributed by atoms with Crippen molar-refractivity contribution in [1.29, 1.82) is 0 Å². The van der Waals surface area contributed by atoms with E-state index in [0.29, 0.717) is 11.1 Å². The Morgan fingerprint density at radius 1 is 1.15 bits per heavy atom. The number of hydrogen-bond acceptors (Lipinski definition) is 4. The number of hydrogen-bond donors (Lipinski definition) is 2. The highest BCUT2D eigenvalue weighted by Gasteiger charge is 2.09. The molecular weight excluding hydrogens is 340 g/mol. The predicted molar refractivity (Wildman–Crippen MR) is 93.8 cm³/mol. The number of nitrogens with zero attached hydrogens (tertiary/aromatic N) is 3. The van der Waals surface area contributed by atoms with Crippen LogP contribution in [0.5, 0.6) is 0 Å². The van der Waals surface area contributed by atoms with Crippen LogP contribution in [0.25, 0.3) is 10.9 Å². The topological polar surface area (TPSA) is 93.3 Å². The van der Waals surface area contributed by atoms with Gasteiger partial charge in [0.2, 0.25) is 11.9 Å². The van der Waals surface area contributed by atoms with Gasteiger partial charge in [-0.15, -0.1) is 0 Å². The van der Waals surface area contributed by atoms with Gasteiger partial charge in [-0.1, -0.05) is 24.3 Å². The third kappa shape index (κ3) is 3.97. The van der Waals surface area contributed by atoms with Gasteiger partial charge in [-0.2, -0.15) is 4.99 Å². The van der Waals surface area contributed by atoms with Crippen LogP contribution in [0, 0.1) is 18.6 Å². The van der Waals surface area contributed by atoms with Gasteiger partial charge >= 0.3 is 0 Å². The molecule has 0 atom stereocenters. The maximum absolute atomic E-state index is 13.2.